The minimum absolute atomic E-state index is 0.160. The molecule has 1 aromatic heterocycles. The molecule has 2 N–H and O–H groups in total. The van der Waals surface area contributed by atoms with Crippen molar-refractivity contribution in [2.45, 2.75) is 35.7 Å². The molecule has 13 heteroatoms. The summed E-state index contributed by atoms with van der Waals surface area (Å²) in [4.78, 5) is 4.40. The van der Waals surface area contributed by atoms with Crippen molar-refractivity contribution in [1.29, 1.82) is 0 Å². The van der Waals surface area contributed by atoms with Crippen molar-refractivity contribution >= 4 is 37.1 Å². The second-order valence-electron chi connectivity index (χ2n) is 10.1. The smallest absolute Gasteiger partial charge is 0.252 e. The van der Waals surface area contributed by atoms with E-state index < -0.39 is 25.6 Å². The van der Waals surface area contributed by atoms with E-state index in [0.29, 0.717) is 50.1 Å². The summed E-state index contributed by atoms with van der Waals surface area (Å²) in [7, 11) is -6.96. The first-order chi connectivity index (χ1) is 17.3. The van der Waals surface area contributed by atoms with E-state index in [-0.39, 0.29) is 18.6 Å². The highest BCUT2D eigenvalue weighted by Gasteiger charge is 2.37. The fraction of sp³-hybridized carbons (Fsp3) is 0.583. The molecular formula is C24H36N4O6S3. The lowest BCUT2D eigenvalue weighted by molar-refractivity contribution is -0.00912. The normalized spacial score (nSPS) is 22.9. The third kappa shape index (κ3) is 7.09. The topological polar surface area (TPSA) is 119 Å². The Morgan fingerprint density at radius 3 is 2.43 bits per heavy atom. The quantitative estimate of drug-likeness (QED) is 0.459. The third-order valence-electron chi connectivity index (χ3n) is 6.82. The van der Waals surface area contributed by atoms with E-state index in [1.807, 2.05) is 24.3 Å². The van der Waals surface area contributed by atoms with Gasteiger partial charge < -0.3 is 14.7 Å². The minimum atomic E-state index is -3.61. The van der Waals surface area contributed by atoms with Crippen LogP contribution in [0, 0.1) is 0 Å². The monoisotopic (exact) mass is 572 g/mol. The number of morpholine rings is 1. The van der Waals surface area contributed by atoms with Gasteiger partial charge in [0.25, 0.3) is 10.0 Å². The Hall–Kier alpha value is -1.58. The summed E-state index contributed by atoms with van der Waals surface area (Å²) < 4.78 is 60.2. The van der Waals surface area contributed by atoms with E-state index in [9.17, 15) is 21.9 Å². The van der Waals surface area contributed by atoms with Gasteiger partial charge >= 0.3 is 0 Å². The summed E-state index contributed by atoms with van der Waals surface area (Å²) in [6, 6.07) is 10.8. The van der Waals surface area contributed by atoms with Crippen molar-refractivity contribution in [3.63, 3.8) is 0 Å². The van der Waals surface area contributed by atoms with Crippen LogP contribution in [0.2, 0.25) is 0 Å². The predicted molar refractivity (Wildman–Crippen MR) is 145 cm³/mol. The molecule has 206 valence electrons. The van der Waals surface area contributed by atoms with Gasteiger partial charge in [0.1, 0.15) is 4.21 Å². The second-order valence-corrected chi connectivity index (χ2v) is 15.0. The van der Waals surface area contributed by atoms with Gasteiger partial charge in [0.2, 0.25) is 10.0 Å². The molecule has 1 unspecified atom stereocenters. The average molecular weight is 573 g/mol. The molecule has 0 saturated carbocycles. The van der Waals surface area contributed by atoms with Gasteiger partial charge in [-0.15, -0.1) is 11.3 Å². The summed E-state index contributed by atoms with van der Waals surface area (Å²) in [5.41, 5.74) is 0.788. The van der Waals surface area contributed by atoms with Crippen LogP contribution in [-0.4, -0.2) is 102 Å². The first kappa shape index (κ1) is 28.4. The molecule has 37 heavy (non-hydrogen) atoms. The zero-order valence-electron chi connectivity index (χ0n) is 21.4. The number of nitrogens with zero attached hydrogens (tertiary/aromatic N) is 3. The molecule has 2 fully saturated rings. The van der Waals surface area contributed by atoms with Crippen LogP contribution in [-0.2, 0) is 30.4 Å². The number of aliphatic hydroxyl groups is 1. The number of sulfonamides is 2. The molecule has 2 aliphatic heterocycles. The molecule has 3 heterocycles. The Kier molecular flexibility index (Phi) is 8.65. The lowest BCUT2D eigenvalue weighted by Crippen LogP contribution is -2.61. The Bertz CT molecular complexity index is 1240. The van der Waals surface area contributed by atoms with E-state index in [4.69, 9.17) is 4.74 Å². The number of anilines is 1. The maximum atomic E-state index is 13.3. The van der Waals surface area contributed by atoms with Crippen molar-refractivity contribution in [2.75, 3.05) is 63.6 Å². The number of hydrogen-bond donors (Lipinski definition) is 2. The highest BCUT2D eigenvalue weighted by atomic mass is 32.2. The van der Waals surface area contributed by atoms with Crippen molar-refractivity contribution in [2.24, 2.45) is 0 Å². The summed E-state index contributed by atoms with van der Waals surface area (Å²) >= 11 is 1.21. The van der Waals surface area contributed by atoms with Crippen molar-refractivity contribution < 1.29 is 26.7 Å². The maximum absolute atomic E-state index is 13.3. The van der Waals surface area contributed by atoms with Gasteiger partial charge in [0.15, 0.2) is 0 Å². The summed E-state index contributed by atoms with van der Waals surface area (Å²) in [6.07, 6.45) is 1.13. The Morgan fingerprint density at radius 2 is 1.81 bits per heavy atom. The number of ether oxygens (including phenoxy) is 1. The highest BCUT2D eigenvalue weighted by molar-refractivity contribution is 7.91. The lowest BCUT2D eigenvalue weighted by Gasteiger charge is -2.46. The van der Waals surface area contributed by atoms with Gasteiger partial charge in [-0.1, -0.05) is 18.2 Å². The lowest BCUT2D eigenvalue weighted by atomic mass is 9.98. The molecule has 0 spiro atoms. The molecule has 2 saturated heterocycles. The number of thiophene rings is 1. The van der Waals surface area contributed by atoms with Gasteiger partial charge in [0.05, 0.1) is 31.1 Å². The van der Waals surface area contributed by atoms with Gasteiger partial charge in [-0.3, -0.25) is 4.90 Å². The Labute approximate surface area is 223 Å². The van der Waals surface area contributed by atoms with Gasteiger partial charge in [-0.25, -0.2) is 21.6 Å². The van der Waals surface area contributed by atoms with Crippen LogP contribution in [0.15, 0.2) is 46.0 Å². The van der Waals surface area contributed by atoms with Crippen LogP contribution in [0.25, 0.3) is 0 Å². The fourth-order valence-corrected chi connectivity index (χ4v) is 7.88. The van der Waals surface area contributed by atoms with Gasteiger partial charge in [-0.2, -0.15) is 4.31 Å². The highest BCUT2D eigenvalue weighted by Crippen LogP contribution is 2.29. The maximum Gasteiger partial charge on any atom is 0.252 e. The van der Waals surface area contributed by atoms with Crippen LogP contribution in [0.5, 0.6) is 0 Å². The number of nitrogens with one attached hydrogen (secondary N) is 1. The molecule has 4 rings (SSSR count). The van der Waals surface area contributed by atoms with Crippen LogP contribution in [0.4, 0.5) is 5.69 Å². The minimum Gasteiger partial charge on any atom is -0.386 e. The second kappa shape index (κ2) is 11.3. The van der Waals surface area contributed by atoms with Gasteiger partial charge in [-0.05, 0) is 43.0 Å². The fourth-order valence-electron chi connectivity index (χ4n) is 4.78. The SMILES string of the molecule is CC(C)(O)c1ccc(N2CCN(S(=O)(=O)c3cccs3)C[C@@H]2CN2CCOCC2CNS(C)(=O)=O)cc1. The summed E-state index contributed by atoms with van der Waals surface area (Å²) in [5, 5.41) is 12.1. The van der Waals surface area contributed by atoms with E-state index in [1.54, 1.807) is 35.7 Å². The first-order valence-corrected chi connectivity index (χ1v) is 16.5. The molecule has 1 aromatic carbocycles. The van der Waals surface area contributed by atoms with Crippen LogP contribution >= 0.6 is 11.3 Å². The number of hydrogen-bond acceptors (Lipinski definition) is 9. The average Bonchev–Trinajstić information content (AvgIpc) is 3.39. The molecule has 10 nitrogen and oxygen atoms in total. The standard InChI is InChI=1S/C24H36N4O6S3/c1-24(2,29)19-6-8-20(9-7-19)28-11-10-27(37(32,33)23-5-4-14-35-23)17-22(28)16-26-12-13-34-18-21(26)15-25-36(3,30)31/h4-9,14,21-22,25,29H,10-13,15-18H2,1-3H3/t21?,22-/m0/s1. The third-order valence-corrected chi connectivity index (χ3v) is 10.7. The largest absolute Gasteiger partial charge is 0.386 e. The van der Waals surface area contributed by atoms with Crippen molar-refractivity contribution in [3.05, 3.63) is 47.3 Å². The van der Waals surface area contributed by atoms with Crippen molar-refractivity contribution in [1.82, 2.24) is 13.9 Å². The van der Waals surface area contributed by atoms with Crippen LogP contribution in [0.3, 0.4) is 0 Å². The summed E-state index contributed by atoms with van der Waals surface area (Å²) in [6.45, 7) is 6.95. The Morgan fingerprint density at radius 1 is 1.08 bits per heavy atom. The molecule has 2 atom stereocenters. The molecule has 2 aliphatic rings. The zero-order chi connectivity index (χ0) is 26.8. The summed E-state index contributed by atoms with van der Waals surface area (Å²) in [5.74, 6) is 0. The zero-order valence-corrected chi connectivity index (χ0v) is 23.9. The number of piperazine rings is 1. The van der Waals surface area contributed by atoms with E-state index in [0.717, 1.165) is 17.5 Å². The predicted octanol–water partition coefficient (Wildman–Crippen LogP) is 1.11. The van der Waals surface area contributed by atoms with E-state index in [1.165, 1.54) is 11.3 Å². The van der Waals surface area contributed by atoms with Crippen LogP contribution in [0.1, 0.15) is 19.4 Å². The van der Waals surface area contributed by atoms with Crippen LogP contribution < -0.4 is 9.62 Å². The molecule has 0 aliphatic carbocycles. The number of rotatable bonds is 9. The van der Waals surface area contributed by atoms with E-state index >= 15 is 0 Å². The van der Waals surface area contributed by atoms with E-state index in [2.05, 4.69) is 14.5 Å². The molecule has 0 bridgehead atoms. The number of benzene rings is 1. The molecule has 0 radical (unpaired) electrons. The Balaban J connectivity index is 1.59. The molecular weight excluding hydrogens is 536 g/mol. The molecule has 2 aromatic rings. The first-order valence-electron chi connectivity index (χ1n) is 12.2. The van der Waals surface area contributed by atoms with Crippen molar-refractivity contribution in [3.8, 4) is 0 Å². The van der Waals surface area contributed by atoms with Gasteiger partial charge in [0, 0.05) is 51.0 Å². The molecule has 0 amide bonds.